The maximum Gasteiger partial charge on any atom is 0.242 e. The third-order valence-corrected chi connectivity index (χ3v) is 3.57. The van der Waals surface area contributed by atoms with Crippen LogP contribution in [0.1, 0.15) is 0 Å². The molecule has 15 heavy (non-hydrogen) atoms. The molecule has 0 atom stereocenters. The third kappa shape index (κ3) is 2.63. The van der Waals surface area contributed by atoms with Crippen LogP contribution in [-0.4, -0.2) is 66.0 Å². The van der Waals surface area contributed by atoms with Gasteiger partial charge in [-0.3, -0.25) is 9.59 Å². The Labute approximate surface area is 93.2 Å². The summed E-state index contributed by atoms with van der Waals surface area (Å²) < 4.78 is 0. The second kappa shape index (κ2) is 4.85. The van der Waals surface area contributed by atoms with E-state index in [9.17, 15) is 9.59 Å². The van der Waals surface area contributed by atoms with Gasteiger partial charge in [0.1, 0.15) is 6.54 Å². The molecule has 0 aromatic rings. The van der Waals surface area contributed by atoms with E-state index in [2.05, 4.69) is 5.32 Å². The molecule has 6 heteroatoms. The van der Waals surface area contributed by atoms with Crippen LogP contribution in [0, 0.1) is 0 Å². The fourth-order valence-corrected chi connectivity index (χ4v) is 2.62. The number of carbonyl (C=O) groups is 2. The Morgan fingerprint density at radius 1 is 1.40 bits per heavy atom. The predicted octanol–water partition coefficient (Wildman–Crippen LogP) is -1.05. The first-order valence-corrected chi connectivity index (χ1v) is 6.27. The summed E-state index contributed by atoms with van der Waals surface area (Å²) in [5.74, 6) is 1.35. The van der Waals surface area contributed by atoms with Gasteiger partial charge in [0, 0.05) is 26.2 Å². The lowest BCUT2D eigenvalue weighted by atomic mass is 10.3. The summed E-state index contributed by atoms with van der Waals surface area (Å²) in [6.45, 7) is 3.48. The lowest BCUT2D eigenvalue weighted by Gasteiger charge is -2.28. The van der Waals surface area contributed by atoms with Gasteiger partial charge in [-0.15, -0.1) is 11.8 Å². The summed E-state index contributed by atoms with van der Waals surface area (Å²) in [5, 5.41) is 3.19. The van der Waals surface area contributed by atoms with Crippen molar-refractivity contribution in [3.63, 3.8) is 0 Å². The molecule has 0 aromatic heterocycles. The number of amides is 2. The first-order valence-electron chi connectivity index (χ1n) is 5.11. The highest BCUT2D eigenvalue weighted by atomic mass is 32.2. The number of thioether (sulfide) groups is 1. The van der Waals surface area contributed by atoms with E-state index in [-0.39, 0.29) is 18.4 Å². The Balaban J connectivity index is 1.82. The molecule has 0 aromatic carbocycles. The summed E-state index contributed by atoms with van der Waals surface area (Å²) in [6, 6.07) is 0. The molecule has 0 aliphatic carbocycles. The van der Waals surface area contributed by atoms with Gasteiger partial charge in [-0.1, -0.05) is 0 Å². The summed E-state index contributed by atoms with van der Waals surface area (Å²) in [4.78, 5) is 26.6. The standard InChI is InChI=1S/C9H15N3O2S/c13-8(11-3-1-10-2-4-11)5-12-7-15-6-9(12)14/h10H,1-7H2. The van der Waals surface area contributed by atoms with Crippen molar-refractivity contribution in [2.45, 2.75) is 0 Å². The van der Waals surface area contributed by atoms with Crippen LogP contribution in [0.4, 0.5) is 0 Å². The minimum atomic E-state index is 0.0763. The van der Waals surface area contributed by atoms with Crippen LogP contribution in [0.5, 0.6) is 0 Å². The van der Waals surface area contributed by atoms with Gasteiger partial charge in [-0.25, -0.2) is 0 Å². The lowest BCUT2D eigenvalue weighted by molar-refractivity contribution is -0.138. The molecule has 2 heterocycles. The Bertz CT molecular complexity index is 266. The largest absolute Gasteiger partial charge is 0.339 e. The van der Waals surface area contributed by atoms with Crippen molar-refractivity contribution < 1.29 is 9.59 Å². The van der Waals surface area contributed by atoms with Gasteiger partial charge in [0.15, 0.2) is 0 Å². The van der Waals surface area contributed by atoms with E-state index in [1.54, 1.807) is 16.7 Å². The number of piperazine rings is 1. The second-order valence-corrected chi connectivity index (χ2v) is 4.66. The minimum absolute atomic E-state index is 0.0763. The Hall–Kier alpha value is -0.750. The molecular weight excluding hydrogens is 214 g/mol. The van der Waals surface area contributed by atoms with Gasteiger partial charge in [-0.05, 0) is 0 Å². The zero-order valence-electron chi connectivity index (χ0n) is 8.57. The molecule has 84 valence electrons. The van der Waals surface area contributed by atoms with E-state index in [1.807, 2.05) is 4.90 Å². The zero-order valence-corrected chi connectivity index (χ0v) is 9.39. The van der Waals surface area contributed by atoms with Crippen LogP contribution in [-0.2, 0) is 9.59 Å². The number of carbonyl (C=O) groups excluding carboxylic acids is 2. The molecule has 2 fully saturated rings. The van der Waals surface area contributed by atoms with Crippen molar-refractivity contribution in [2.24, 2.45) is 0 Å². The van der Waals surface area contributed by atoms with E-state index in [1.165, 1.54) is 0 Å². The van der Waals surface area contributed by atoms with Crippen molar-refractivity contribution in [1.82, 2.24) is 15.1 Å². The van der Waals surface area contributed by atoms with Crippen LogP contribution in [0.3, 0.4) is 0 Å². The molecule has 5 nitrogen and oxygen atoms in total. The Kier molecular flexibility index (Phi) is 3.48. The van der Waals surface area contributed by atoms with Gasteiger partial charge in [0.05, 0.1) is 11.6 Å². The molecule has 0 radical (unpaired) electrons. The third-order valence-electron chi connectivity index (χ3n) is 2.62. The average molecular weight is 229 g/mol. The van der Waals surface area contributed by atoms with Gasteiger partial charge < -0.3 is 15.1 Å². The summed E-state index contributed by atoms with van der Waals surface area (Å²) >= 11 is 1.57. The molecule has 0 unspecified atom stereocenters. The highest BCUT2D eigenvalue weighted by molar-refractivity contribution is 8.00. The summed E-state index contributed by atoms with van der Waals surface area (Å²) in [5.41, 5.74) is 0. The highest BCUT2D eigenvalue weighted by Gasteiger charge is 2.25. The molecular formula is C9H15N3O2S. The number of hydrogen-bond acceptors (Lipinski definition) is 4. The van der Waals surface area contributed by atoms with Crippen molar-refractivity contribution in [3.05, 3.63) is 0 Å². The van der Waals surface area contributed by atoms with Gasteiger partial charge in [0.25, 0.3) is 0 Å². The molecule has 1 N–H and O–H groups in total. The number of rotatable bonds is 2. The van der Waals surface area contributed by atoms with E-state index in [4.69, 9.17) is 0 Å². The quantitative estimate of drug-likeness (QED) is 0.656. The normalized spacial score (nSPS) is 22.3. The number of nitrogens with zero attached hydrogens (tertiary/aromatic N) is 2. The maximum absolute atomic E-state index is 11.8. The van der Waals surface area contributed by atoms with Crippen molar-refractivity contribution in [1.29, 1.82) is 0 Å². The van der Waals surface area contributed by atoms with Crippen LogP contribution in [0.25, 0.3) is 0 Å². The van der Waals surface area contributed by atoms with Crippen molar-refractivity contribution in [2.75, 3.05) is 44.4 Å². The van der Waals surface area contributed by atoms with Gasteiger partial charge in [-0.2, -0.15) is 0 Å². The SMILES string of the molecule is O=C(CN1CSCC1=O)N1CCNCC1. The van der Waals surface area contributed by atoms with E-state index in [0.717, 1.165) is 26.2 Å². The van der Waals surface area contributed by atoms with E-state index >= 15 is 0 Å². The molecule has 0 spiro atoms. The Morgan fingerprint density at radius 3 is 2.73 bits per heavy atom. The van der Waals surface area contributed by atoms with Crippen LogP contribution >= 0.6 is 11.8 Å². The zero-order chi connectivity index (χ0) is 10.7. The monoisotopic (exact) mass is 229 g/mol. The van der Waals surface area contributed by atoms with Gasteiger partial charge >= 0.3 is 0 Å². The van der Waals surface area contributed by atoms with Crippen molar-refractivity contribution >= 4 is 23.6 Å². The van der Waals surface area contributed by atoms with Crippen LogP contribution in [0.2, 0.25) is 0 Å². The maximum atomic E-state index is 11.8. The fraction of sp³-hybridized carbons (Fsp3) is 0.778. The minimum Gasteiger partial charge on any atom is -0.339 e. The smallest absolute Gasteiger partial charge is 0.242 e. The highest BCUT2D eigenvalue weighted by Crippen LogP contribution is 2.14. The van der Waals surface area contributed by atoms with Crippen LogP contribution < -0.4 is 5.32 Å². The fourth-order valence-electron chi connectivity index (χ4n) is 1.72. The second-order valence-electron chi connectivity index (χ2n) is 3.70. The molecule has 0 saturated carbocycles. The molecule has 2 aliphatic heterocycles. The topological polar surface area (TPSA) is 52.7 Å². The summed E-state index contributed by atoms with van der Waals surface area (Å²) in [7, 11) is 0. The predicted molar refractivity (Wildman–Crippen MR) is 58.5 cm³/mol. The molecule has 2 rings (SSSR count). The van der Waals surface area contributed by atoms with Gasteiger partial charge in [0.2, 0.25) is 11.8 Å². The molecule has 2 aliphatic rings. The van der Waals surface area contributed by atoms with Crippen LogP contribution in [0.15, 0.2) is 0 Å². The molecule has 2 amide bonds. The average Bonchev–Trinajstić information content (AvgIpc) is 2.66. The Morgan fingerprint density at radius 2 is 2.13 bits per heavy atom. The van der Waals surface area contributed by atoms with E-state index < -0.39 is 0 Å². The van der Waals surface area contributed by atoms with Crippen molar-refractivity contribution in [3.8, 4) is 0 Å². The number of hydrogen-bond donors (Lipinski definition) is 1. The first-order chi connectivity index (χ1) is 7.27. The summed E-state index contributed by atoms with van der Waals surface area (Å²) in [6.07, 6.45) is 0. The molecule has 0 bridgehead atoms. The first kappa shape index (κ1) is 10.8. The molecule has 2 saturated heterocycles. The van der Waals surface area contributed by atoms with E-state index in [0.29, 0.717) is 11.6 Å². The number of nitrogens with one attached hydrogen (secondary N) is 1. The lowest BCUT2D eigenvalue weighted by Crippen LogP contribution is -2.49.